The molecule has 1 aromatic heterocycles. The molecule has 1 amide bonds. The molecule has 0 atom stereocenters. The van der Waals surface area contributed by atoms with Gasteiger partial charge in [-0.15, -0.1) is 0 Å². The lowest BCUT2D eigenvalue weighted by Gasteiger charge is -2.05. The van der Waals surface area contributed by atoms with Crippen LogP contribution in [-0.4, -0.2) is 10.9 Å². The zero-order chi connectivity index (χ0) is 12.3. The average molecular weight is 251 g/mol. The summed E-state index contributed by atoms with van der Waals surface area (Å²) in [7, 11) is 0. The minimum Gasteiger partial charge on any atom is -0.306 e. The Kier molecular flexibility index (Phi) is 3.35. The molecule has 1 aromatic carbocycles. The van der Waals surface area contributed by atoms with Crippen LogP contribution < -0.4 is 5.32 Å². The number of amides is 1. The first-order chi connectivity index (χ1) is 8.16. The van der Waals surface area contributed by atoms with Gasteiger partial charge in [-0.2, -0.15) is 0 Å². The van der Waals surface area contributed by atoms with Gasteiger partial charge in [0, 0.05) is 11.2 Å². The minimum absolute atomic E-state index is 0.108. The lowest BCUT2D eigenvalue weighted by Crippen LogP contribution is -2.14. The van der Waals surface area contributed by atoms with E-state index in [1.807, 2.05) is 0 Å². The van der Waals surface area contributed by atoms with Gasteiger partial charge in [0.2, 0.25) is 0 Å². The van der Waals surface area contributed by atoms with Crippen LogP contribution in [-0.2, 0) is 0 Å². The maximum absolute atomic E-state index is 13.4. The predicted molar refractivity (Wildman–Crippen MR) is 63.6 cm³/mol. The average Bonchev–Trinajstić information content (AvgIpc) is 2.33. The monoisotopic (exact) mass is 250 g/mol. The van der Waals surface area contributed by atoms with Gasteiger partial charge in [-0.05, 0) is 30.3 Å². The molecule has 0 bridgehead atoms. The van der Waals surface area contributed by atoms with E-state index in [1.54, 1.807) is 18.2 Å². The zero-order valence-corrected chi connectivity index (χ0v) is 9.41. The molecule has 0 aliphatic carbocycles. The number of hydrogen-bond donors (Lipinski definition) is 1. The molecule has 0 saturated carbocycles. The molecule has 1 N–H and O–H groups in total. The van der Waals surface area contributed by atoms with Crippen molar-refractivity contribution in [3.63, 3.8) is 0 Å². The van der Waals surface area contributed by atoms with E-state index in [9.17, 15) is 9.18 Å². The Labute approximate surface area is 102 Å². The quantitative estimate of drug-likeness (QED) is 0.890. The topological polar surface area (TPSA) is 42.0 Å². The second-order valence-corrected chi connectivity index (χ2v) is 3.73. The standard InChI is InChI=1S/C12H8ClFN2O/c13-8-4-5-10(14)9(7-8)12(17)16-11-3-1-2-6-15-11/h1-7H,(H,15,16,17). The summed E-state index contributed by atoms with van der Waals surface area (Å²) in [4.78, 5) is 15.6. The van der Waals surface area contributed by atoms with Gasteiger partial charge in [0.25, 0.3) is 5.91 Å². The molecular formula is C12H8ClFN2O. The van der Waals surface area contributed by atoms with E-state index in [0.29, 0.717) is 10.8 Å². The SMILES string of the molecule is O=C(Nc1ccccn1)c1cc(Cl)ccc1F. The maximum atomic E-state index is 13.4. The second-order valence-electron chi connectivity index (χ2n) is 3.29. The first-order valence-corrected chi connectivity index (χ1v) is 5.22. The van der Waals surface area contributed by atoms with Gasteiger partial charge in [-0.3, -0.25) is 4.79 Å². The Hall–Kier alpha value is -1.94. The predicted octanol–water partition coefficient (Wildman–Crippen LogP) is 3.13. The molecule has 0 aliphatic rings. The number of rotatable bonds is 2. The molecule has 1 heterocycles. The normalized spacial score (nSPS) is 10.0. The highest BCUT2D eigenvalue weighted by Crippen LogP contribution is 2.16. The molecule has 0 saturated heterocycles. The number of carbonyl (C=O) groups is 1. The summed E-state index contributed by atoms with van der Waals surface area (Å²) >= 11 is 5.70. The number of carbonyl (C=O) groups excluding carboxylic acids is 1. The zero-order valence-electron chi connectivity index (χ0n) is 8.65. The molecule has 86 valence electrons. The summed E-state index contributed by atoms with van der Waals surface area (Å²) < 4.78 is 13.4. The summed E-state index contributed by atoms with van der Waals surface area (Å²) in [5.41, 5.74) is -0.108. The Morgan fingerprint density at radius 1 is 1.29 bits per heavy atom. The minimum atomic E-state index is -0.622. The third kappa shape index (κ3) is 2.79. The first kappa shape index (κ1) is 11.5. The van der Waals surface area contributed by atoms with Crippen molar-refractivity contribution in [2.75, 3.05) is 5.32 Å². The van der Waals surface area contributed by atoms with Crippen molar-refractivity contribution in [2.24, 2.45) is 0 Å². The number of pyridine rings is 1. The van der Waals surface area contributed by atoms with Crippen molar-refractivity contribution in [1.82, 2.24) is 4.98 Å². The van der Waals surface area contributed by atoms with Crippen molar-refractivity contribution < 1.29 is 9.18 Å². The van der Waals surface area contributed by atoms with Crippen LogP contribution >= 0.6 is 11.6 Å². The number of hydrogen-bond acceptors (Lipinski definition) is 2. The number of nitrogens with zero attached hydrogens (tertiary/aromatic N) is 1. The van der Waals surface area contributed by atoms with Gasteiger partial charge in [-0.1, -0.05) is 17.7 Å². The van der Waals surface area contributed by atoms with E-state index in [-0.39, 0.29) is 5.56 Å². The third-order valence-electron chi connectivity index (χ3n) is 2.08. The van der Waals surface area contributed by atoms with Gasteiger partial charge >= 0.3 is 0 Å². The van der Waals surface area contributed by atoms with Crippen LogP contribution in [0.5, 0.6) is 0 Å². The largest absolute Gasteiger partial charge is 0.306 e. The van der Waals surface area contributed by atoms with E-state index in [4.69, 9.17) is 11.6 Å². The van der Waals surface area contributed by atoms with Crippen LogP contribution in [0.25, 0.3) is 0 Å². The highest BCUT2D eigenvalue weighted by molar-refractivity contribution is 6.31. The molecule has 2 rings (SSSR count). The van der Waals surface area contributed by atoms with Crippen molar-refractivity contribution in [2.45, 2.75) is 0 Å². The number of anilines is 1. The van der Waals surface area contributed by atoms with E-state index in [2.05, 4.69) is 10.3 Å². The van der Waals surface area contributed by atoms with Gasteiger partial charge in [0.05, 0.1) is 5.56 Å². The van der Waals surface area contributed by atoms with Crippen molar-refractivity contribution in [1.29, 1.82) is 0 Å². The molecule has 3 nitrogen and oxygen atoms in total. The van der Waals surface area contributed by atoms with Gasteiger partial charge in [0.1, 0.15) is 11.6 Å². The van der Waals surface area contributed by atoms with E-state index < -0.39 is 11.7 Å². The lowest BCUT2D eigenvalue weighted by atomic mass is 10.2. The van der Waals surface area contributed by atoms with Crippen LogP contribution in [0.1, 0.15) is 10.4 Å². The molecule has 5 heteroatoms. The van der Waals surface area contributed by atoms with Crippen LogP contribution in [0, 0.1) is 5.82 Å². The summed E-state index contributed by atoms with van der Waals surface area (Å²) in [5, 5.41) is 2.78. The van der Waals surface area contributed by atoms with Crippen LogP contribution in [0.2, 0.25) is 5.02 Å². The van der Waals surface area contributed by atoms with E-state index >= 15 is 0 Å². The van der Waals surface area contributed by atoms with Crippen LogP contribution in [0.3, 0.4) is 0 Å². The fourth-order valence-corrected chi connectivity index (χ4v) is 1.46. The van der Waals surface area contributed by atoms with E-state index in [0.717, 1.165) is 6.07 Å². The molecule has 0 radical (unpaired) electrons. The summed E-state index contributed by atoms with van der Waals surface area (Å²) in [6.07, 6.45) is 1.53. The molecule has 0 spiro atoms. The summed E-state index contributed by atoms with van der Waals surface area (Å²) in [5.74, 6) is -0.844. The van der Waals surface area contributed by atoms with Crippen LogP contribution in [0.15, 0.2) is 42.6 Å². The summed E-state index contributed by atoms with van der Waals surface area (Å²) in [6, 6.07) is 8.85. The first-order valence-electron chi connectivity index (χ1n) is 4.84. The smallest absolute Gasteiger partial charge is 0.259 e. The maximum Gasteiger partial charge on any atom is 0.259 e. The molecule has 0 unspecified atom stereocenters. The molecule has 0 fully saturated rings. The molecule has 2 aromatic rings. The number of nitrogens with one attached hydrogen (secondary N) is 1. The highest BCUT2D eigenvalue weighted by atomic mass is 35.5. The van der Waals surface area contributed by atoms with Gasteiger partial charge in [-0.25, -0.2) is 9.37 Å². The van der Waals surface area contributed by atoms with E-state index in [1.165, 1.54) is 18.3 Å². The number of benzene rings is 1. The summed E-state index contributed by atoms with van der Waals surface area (Å²) in [6.45, 7) is 0. The third-order valence-corrected chi connectivity index (χ3v) is 2.31. The van der Waals surface area contributed by atoms with Gasteiger partial charge < -0.3 is 5.32 Å². The van der Waals surface area contributed by atoms with Gasteiger partial charge in [0.15, 0.2) is 0 Å². The van der Waals surface area contributed by atoms with Crippen LogP contribution in [0.4, 0.5) is 10.2 Å². The molecule has 0 aliphatic heterocycles. The Balaban J connectivity index is 2.23. The lowest BCUT2D eigenvalue weighted by molar-refractivity contribution is 0.102. The molecular weight excluding hydrogens is 243 g/mol. The number of aromatic nitrogens is 1. The Morgan fingerprint density at radius 2 is 2.12 bits per heavy atom. The van der Waals surface area contributed by atoms with Crippen molar-refractivity contribution in [3.8, 4) is 0 Å². The fraction of sp³-hybridized carbons (Fsp3) is 0. The Morgan fingerprint density at radius 3 is 2.82 bits per heavy atom. The highest BCUT2D eigenvalue weighted by Gasteiger charge is 2.12. The Bertz CT molecular complexity index is 545. The number of halogens is 2. The fourth-order valence-electron chi connectivity index (χ4n) is 1.29. The van der Waals surface area contributed by atoms with Crippen molar-refractivity contribution >= 4 is 23.3 Å². The molecule has 17 heavy (non-hydrogen) atoms. The van der Waals surface area contributed by atoms with Crippen molar-refractivity contribution in [3.05, 3.63) is 59.0 Å². The second kappa shape index (κ2) is 4.93.